The second-order valence-corrected chi connectivity index (χ2v) is 4.54. The lowest BCUT2D eigenvalue weighted by molar-refractivity contribution is 0.173. The van der Waals surface area contributed by atoms with Crippen LogP contribution in [0.5, 0.6) is 0 Å². The summed E-state index contributed by atoms with van der Waals surface area (Å²) in [4.78, 5) is 0. The molecule has 0 aliphatic rings. The molecule has 0 saturated heterocycles. The Balaban J connectivity index is 2.28. The Morgan fingerprint density at radius 3 is 2.26 bits per heavy atom. The fourth-order valence-electron chi connectivity index (χ4n) is 1.88. The van der Waals surface area contributed by atoms with Gasteiger partial charge in [-0.25, -0.2) is 13.2 Å². The molecule has 0 spiro atoms. The van der Waals surface area contributed by atoms with E-state index in [0.29, 0.717) is 0 Å². The first-order valence-corrected chi connectivity index (χ1v) is 5.92. The zero-order chi connectivity index (χ0) is 14.0. The number of aliphatic hydroxyl groups is 1. The van der Waals surface area contributed by atoms with Gasteiger partial charge in [-0.2, -0.15) is 0 Å². The summed E-state index contributed by atoms with van der Waals surface area (Å²) >= 11 is 5.81. The van der Waals surface area contributed by atoms with Gasteiger partial charge in [-0.15, -0.1) is 0 Å². The van der Waals surface area contributed by atoms with Crippen molar-refractivity contribution >= 4 is 11.6 Å². The van der Waals surface area contributed by atoms with E-state index in [1.54, 1.807) is 0 Å². The summed E-state index contributed by atoms with van der Waals surface area (Å²) in [5, 5.41) is 10.0. The Bertz CT molecular complexity index is 561. The normalized spacial score (nSPS) is 12.5. The smallest absolute Gasteiger partial charge is 0.130 e. The SMILES string of the molecule is OC(Cc1cc(F)cc(F)c1)c1c(F)cccc1Cl. The van der Waals surface area contributed by atoms with Gasteiger partial charge in [0.25, 0.3) is 0 Å². The lowest BCUT2D eigenvalue weighted by Gasteiger charge is -2.13. The van der Waals surface area contributed by atoms with E-state index in [-0.39, 0.29) is 22.6 Å². The minimum atomic E-state index is -1.27. The molecule has 2 aromatic carbocycles. The maximum absolute atomic E-state index is 13.6. The van der Waals surface area contributed by atoms with Crippen LogP contribution in [-0.2, 0) is 6.42 Å². The predicted molar refractivity (Wildman–Crippen MR) is 66.4 cm³/mol. The minimum absolute atomic E-state index is 0.0735. The molecule has 0 aromatic heterocycles. The van der Waals surface area contributed by atoms with Gasteiger partial charge in [-0.3, -0.25) is 0 Å². The fourth-order valence-corrected chi connectivity index (χ4v) is 2.17. The number of rotatable bonds is 3. The van der Waals surface area contributed by atoms with Crippen LogP contribution in [-0.4, -0.2) is 5.11 Å². The molecule has 2 rings (SSSR count). The maximum Gasteiger partial charge on any atom is 0.130 e. The molecule has 0 bridgehead atoms. The zero-order valence-corrected chi connectivity index (χ0v) is 10.5. The van der Waals surface area contributed by atoms with Gasteiger partial charge in [0.1, 0.15) is 17.5 Å². The Kier molecular flexibility index (Phi) is 4.12. The zero-order valence-electron chi connectivity index (χ0n) is 9.71. The molecule has 0 aliphatic carbocycles. The van der Waals surface area contributed by atoms with E-state index in [1.165, 1.54) is 12.1 Å². The van der Waals surface area contributed by atoms with E-state index >= 15 is 0 Å². The molecule has 1 N–H and O–H groups in total. The molecule has 0 radical (unpaired) electrons. The number of hydrogen-bond donors (Lipinski definition) is 1. The third-order valence-electron chi connectivity index (χ3n) is 2.68. The molecule has 0 heterocycles. The van der Waals surface area contributed by atoms with Crippen LogP contribution in [0, 0.1) is 17.5 Å². The third kappa shape index (κ3) is 3.28. The number of benzene rings is 2. The molecule has 19 heavy (non-hydrogen) atoms. The van der Waals surface area contributed by atoms with Crippen LogP contribution in [0.2, 0.25) is 5.02 Å². The Morgan fingerprint density at radius 1 is 1.05 bits per heavy atom. The molecule has 1 atom stereocenters. The van der Waals surface area contributed by atoms with E-state index in [2.05, 4.69) is 0 Å². The van der Waals surface area contributed by atoms with Gasteiger partial charge >= 0.3 is 0 Å². The summed E-state index contributed by atoms with van der Waals surface area (Å²) < 4.78 is 39.6. The molecular weight excluding hydrogens is 277 g/mol. The third-order valence-corrected chi connectivity index (χ3v) is 3.01. The Morgan fingerprint density at radius 2 is 1.68 bits per heavy atom. The minimum Gasteiger partial charge on any atom is -0.388 e. The standard InChI is InChI=1S/C14H10ClF3O/c15-11-2-1-3-12(18)14(11)13(19)6-8-4-9(16)7-10(17)5-8/h1-5,7,13,19H,6H2. The second-order valence-electron chi connectivity index (χ2n) is 4.13. The summed E-state index contributed by atoms with van der Waals surface area (Å²) in [6.07, 6.45) is -1.40. The van der Waals surface area contributed by atoms with Gasteiger partial charge in [-0.05, 0) is 29.8 Å². The first-order chi connectivity index (χ1) is 8.97. The van der Waals surface area contributed by atoms with Crippen molar-refractivity contribution in [3.8, 4) is 0 Å². The molecule has 5 heteroatoms. The molecule has 0 aliphatic heterocycles. The highest BCUT2D eigenvalue weighted by Crippen LogP contribution is 2.28. The highest BCUT2D eigenvalue weighted by Gasteiger charge is 2.17. The molecule has 0 saturated carbocycles. The van der Waals surface area contributed by atoms with Crippen LogP contribution in [0.25, 0.3) is 0 Å². The van der Waals surface area contributed by atoms with E-state index in [1.807, 2.05) is 0 Å². The van der Waals surface area contributed by atoms with Gasteiger partial charge < -0.3 is 5.11 Å². The second kappa shape index (κ2) is 5.63. The summed E-state index contributed by atoms with van der Waals surface area (Å²) in [7, 11) is 0. The first-order valence-electron chi connectivity index (χ1n) is 5.54. The molecular formula is C14H10ClF3O. The van der Waals surface area contributed by atoms with Crippen molar-refractivity contribution in [1.82, 2.24) is 0 Å². The molecule has 100 valence electrons. The largest absolute Gasteiger partial charge is 0.388 e. The van der Waals surface area contributed by atoms with E-state index in [4.69, 9.17) is 11.6 Å². The van der Waals surface area contributed by atoms with Gasteiger partial charge in [-0.1, -0.05) is 17.7 Å². The van der Waals surface area contributed by atoms with E-state index in [9.17, 15) is 18.3 Å². The number of aliphatic hydroxyl groups excluding tert-OH is 1. The average Bonchev–Trinajstić information content (AvgIpc) is 2.26. The van der Waals surface area contributed by atoms with Crippen LogP contribution in [0.4, 0.5) is 13.2 Å². The average molecular weight is 287 g/mol. The van der Waals surface area contributed by atoms with Gasteiger partial charge in [0, 0.05) is 23.1 Å². The van der Waals surface area contributed by atoms with E-state index < -0.39 is 23.6 Å². The summed E-state index contributed by atoms with van der Waals surface area (Å²) in [5.74, 6) is -2.15. The Labute approximate surface area is 113 Å². The lowest BCUT2D eigenvalue weighted by atomic mass is 10.0. The number of hydrogen-bond acceptors (Lipinski definition) is 1. The predicted octanol–water partition coefficient (Wildman–Crippen LogP) is 4.03. The van der Waals surface area contributed by atoms with Crippen molar-refractivity contribution in [3.05, 3.63) is 70.0 Å². The van der Waals surface area contributed by atoms with Crippen LogP contribution in [0.1, 0.15) is 17.2 Å². The van der Waals surface area contributed by atoms with Crippen LogP contribution in [0.3, 0.4) is 0 Å². The monoisotopic (exact) mass is 286 g/mol. The molecule has 2 aromatic rings. The van der Waals surface area contributed by atoms with Crippen molar-refractivity contribution in [2.75, 3.05) is 0 Å². The van der Waals surface area contributed by atoms with Crippen molar-refractivity contribution < 1.29 is 18.3 Å². The summed E-state index contributed by atoms with van der Waals surface area (Å²) in [6.45, 7) is 0. The lowest BCUT2D eigenvalue weighted by Crippen LogP contribution is -2.06. The summed E-state index contributed by atoms with van der Waals surface area (Å²) in [5.41, 5.74) is 0.151. The topological polar surface area (TPSA) is 20.2 Å². The van der Waals surface area contributed by atoms with Crippen molar-refractivity contribution in [3.63, 3.8) is 0 Å². The van der Waals surface area contributed by atoms with Gasteiger partial charge in [0.2, 0.25) is 0 Å². The highest BCUT2D eigenvalue weighted by molar-refractivity contribution is 6.31. The maximum atomic E-state index is 13.6. The number of halogens is 4. The Hall–Kier alpha value is -1.52. The molecule has 1 unspecified atom stereocenters. The van der Waals surface area contributed by atoms with Crippen molar-refractivity contribution in [2.45, 2.75) is 12.5 Å². The van der Waals surface area contributed by atoms with Gasteiger partial charge in [0.15, 0.2) is 0 Å². The molecule has 0 amide bonds. The van der Waals surface area contributed by atoms with Crippen LogP contribution < -0.4 is 0 Å². The highest BCUT2D eigenvalue weighted by atomic mass is 35.5. The molecule has 1 nitrogen and oxygen atoms in total. The molecule has 0 fully saturated rings. The summed E-state index contributed by atoms with van der Waals surface area (Å²) in [6, 6.07) is 6.91. The fraction of sp³-hybridized carbons (Fsp3) is 0.143. The van der Waals surface area contributed by atoms with Crippen LogP contribution in [0.15, 0.2) is 36.4 Å². The van der Waals surface area contributed by atoms with Gasteiger partial charge in [0.05, 0.1) is 6.10 Å². The first kappa shape index (κ1) is 13.9. The van der Waals surface area contributed by atoms with Crippen molar-refractivity contribution in [2.24, 2.45) is 0 Å². The van der Waals surface area contributed by atoms with Crippen LogP contribution >= 0.6 is 11.6 Å². The quantitative estimate of drug-likeness (QED) is 0.903. The van der Waals surface area contributed by atoms with Crippen molar-refractivity contribution in [1.29, 1.82) is 0 Å². The van der Waals surface area contributed by atoms with E-state index in [0.717, 1.165) is 24.3 Å².